The van der Waals surface area contributed by atoms with Crippen LogP contribution in [0.5, 0.6) is 0 Å². The second kappa shape index (κ2) is 2.56. The second-order valence-corrected chi connectivity index (χ2v) is 3.97. The Bertz CT molecular complexity index is 401. The van der Waals surface area contributed by atoms with Crippen molar-refractivity contribution < 1.29 is 14.3 Å². The summed E-state index contributed by atoms with van der Waals surface area (Å²) in [6.07, 6.45) is 5.82. The first kappa shape index (κ1) is 7.97. The van der Waals surface area contributed by atoms with Crippen LogP contribution in [0.1, 0.15) is 25.7 Å². The van der Waals surface area contributed by atoms with Gasteiger partial charge in [0.2, 0.25) is 0 Å². The number of allylic oxidation sites excluding steroid dienone is 3. The van der Waals surface area contributed by atoms with Gasteiger partial charge in [0, 0.05) is 0 Å². The van der Waals surface area contributed by atoms with Gasteiger partial charge in [-0.25, -0.2) is 4.79 Å². The first-order chi connectivity index (χ1) is 6.77. The average molecular weight is 190 g/mol. The van der Waals surface area contributed by atoms with Crippen LogP contribution in [-0.2, 0) is 14.3 Å². The Morgan fingerprint density at radius 2 is 2.14 bits per heavy atom. The fraction of sp³-hybridized carbons (Fsp3) is 0.455. The van der Waals surface area contributed by atoms with Crippen molar-refractivity contribution in [3.8, 4) is 0 Å². The molecule has 3 heteroatoms. The normalized spacial score (nSPS) is 30.0. The van der Waals surface area contributed by atoms with Crippen molar-refractivity contribution >= 4 is 11.9 Å². The van der Waals surface area contributed by atoms with Crippen molar-refractivity contribution in [1.82, 2.24) is 0 Å². The summed E-state index contributed by atoms with van der Waals surface area (Å²) >= 11 is 0. The van der Waals surface area contributed by atoms with Gasteiger partial charge in [0.15, 0.2) is 0 Å². The Morgan fingerprint density at radius 1 is 1.29 bits per heavy atom. The van der Waals surface area contributed by atoms with Crippen LogP contribution in [0.3, 0.4) is 0 Å². The van der Waals surface area contributed by atoms with E-state index < -0.39 is 5.97 Å². The van der Waals surface area contributed by atoms with Crippen LogP contribution in [0.4, 0.5) is 0 Å². The first-order valence-corrected chi connectivity index (χ1v) is 4.96. The quantitative estimate of drug-likeness (QED) is 0.429. The van der Waals surface area contributed by atoms with E-state index >= 15 is 0 Å². The van der Waals surface area contributed by atoms with Gasteiger partial charge in [0.05, 0.1) is 11.5 Å². The molecule has 0 aromatic rings. The number of rotatable bonds is 0. The monoisotopic (exact) mass is 190 g/mol. The molecule has 2 fully saturated rings. The van der Waals surface area contributed by atoms with Gasteiger partial charge in [-0.3, -0.25) is 4.79 Å². The Morgan fingerprint density at radius 3 is 3.00 bits per heavy atom. The topological polar surface area (TPSA) is 43.4 Å². The number of fused-ring (bicyclic) bond motifs is 2. The molecule has 1 atom stereocenters. The number of cyclic esters (lactones) is 2. The van der Waals surface area contributed by atoms with Crippen molar-refractivity contribution in [3.05, 3.63) is 22.8 Å². The molecule has 1 aliphatic heterocycles. The zero-order valence-electron chi connectivity index (χ0n) is 7.71. The molecule has 1 unspecified atom stereocenters. The van der Waals surface area contributed by atoms with Gasteiger partial charge in [-0.15, -0.1) is 0 Å². The third-order valence-corrected chi connectivity index (χ3v) is 3.23. The summed E-state index contributed by atoms with van der Waals surface area (Å²) in [6.45, 7) is 0. The zero-order chi connectivity index (χ0) is 9.71. The highest BCUT2D eigenvalue weighted by atomic mass is 16.6. The van der Waals surface area contributed by atoms with E-state index in [1.54, 1.807) is 0 Å². The molecule has 0 bridgehead atoms. The Hall–Kier alpha value is -1.38. The summed E-state index contributed by atoms with van der Waals surface area (Å²) in [5, 5.41) is 0. The van der Waals surface area contributed by atoms with E-state index in [0.29, 0.717) is 12.0 Å². The van der Waals surface area contributed by atoms with Crippen LogP contribution in [0.15, 0.2) is 22.8 Å². The highest BCUT2D eigenvalue weighted by Gasteiger charge is 2.43. The summed E-state index contributed by atoms with van der Waals surface area (Å²) in [7, 11) is 0. The third-order valence-electron chi connectivity index (χ3n) is 3.23. The van der Waals surface area contributed by atoms with E-state index in [1.807, 2.05) is 0 Å². The minimum atomic E-state index is -0.400. The average Bonchev–Trinajstić information content (AvgIpc) is 2.71. The maximum Gasteiger partial charge on any atom is 0.342 e. The molecule has 1 saturated carbocycles. The summed E-state index contributed by atoms with van der Waals surface area (Å²) in [4.78, 5) is 22.7. The smallest absolute Gasteiger partial charge is 0.342 e. The number of carbonyl (C=O) groups is 2. The lowest BCUT2D eigenvalue weighted by molar-refractivity contribution is -0.152. The standard InChI is InChI=1S/C11H10O3/c12-10-8-5-4-6-2-1-3-7(6)9(8)11(13)14-10/h4,8H,1-3,5H2. The van der Waals surface area contributed by atoms with E-state index in [-0.39, 0.29) is 11.9 Å². The molecule has 0 aromatic heterocycles. The summed E-state index contributed by atoms with van der Waals surface area (Å²) in [5.41, 5.74) is 3.02. The van der Waals surface area contributed by atoms with E-state index in [2.05, 4.69) is 10.8 Å². The van der Waals surface area contributed by atoms with Crippen molar-refractivity contribution in [2.24, 2.45) is 5.92 Å². The molecule has 3 aliphatic rings. The van der Waals surface area contributed by atoms with Gasteiger partial charge >= 0.3 is 11.9 Å². The van der Waals surface area contributed by atoms with Crippen LogP contribution in [0.25, 0.3) is 0 Å². The van der Waals surface area contributed by atoms with Crippen LogP contribution < -0.4 is 0 Å². The predicted octanol–water partition coefficient (Wildman–Crippen LogP) is 1.50. The van der Waals surface area contributed by atoms with Crippen LogP contribution in [0, 0.1) is 5.92 Å². The molecule has 0 amide bonds. The number of hydrogen-bond donors (Lipinski definition) is 0. The van der Waals surface area contributed by atoms with Crippen LogP contribution in [0.2, 0.25) is 0 Å². The lowest BCUT2D eigenvalue weighted by Crippen LogP contribution is -2.13. The van der Waals surface area contributed by atoms with Gasteiger partial charge in [0.25, 0.3) is 0 Å². The van der Waals surface area contributed by atoms with Crippen molar-refractivity contribution in [2.45, 2.75) is 25.7 Å². The molecule has 1 saturated heterocycles. The first-order valence-electron chi connectivity index (χ1n) is 4.96. The molecule has 1 heterocycles. The lowest BCUT2D eigenvalue weighted by atomic mass is 9.85. The molecular weight excluding hydrogens is 180 g/mol. The van der Waals surface area contributed by atoms with Gasteiger partial charge in [-0.1, -0.05) is 6.08 Å². The van der Waals surface area contributed by atoms with Crippen molar-refractivity contribution in [3.63, 3.8) is 0 Å². The number of ether oxygens (including phenoxy) is 1. The summed E-state index contributed by atoms with van der Waals surface area (Å²) < 4.78 is 4.65. The summed E-state index contributed by atoms with van der Waals surface area (Å²) in [5.74, 6) is -1.05. The van der Waals surface area contributed by atoms with Gasteiger partial charge < -0.3 is 4.74 Å². The van der Waals surface area contributed by atoms with E-state index in [4.69, 9.17) is 0 Å². The molecule has 0 aromatic carbocycles. The number of esters is 2. The fourth-order valence-electron chi connectivity index (χ4n) is 2.59. The lowest BCUT2D eigenvalue weighted by Gasteiger charge is -2.14. The van der Waals surface area contributed by atoms with E-state index in [9.17, 15) is 9.59 Å². The largest absolute Gasteiger partial charge is 0.389 e. The molecule has 72 valence electrons. The fourth-order valence-corrected chi connectivity index (χ4v) is 2.59. The zero-order valence-corrected chi connectivity index (χ0v) is 7.71. The number of carbonyl (C=O) groups excluding carboxylic acids is 2. The van der Waals surface area contributed by atoms with Crippen LogP contribution >= 0.6 is 0 Å². The van der Waals surface area contributed by atoms with Crippen molar-refractivity contribution in [2.75, 3.05) is 0 Å². The molecule has 0 N–H and O–H groups in total. The minimum Gasteiger partial charge on any atom is -0.389 e. The van der Waals surface area contributed by atoms with Gasteiger partial charge in [0.1, 0.15) is 0 Å². The van der Waals surface area contributed by atoms with Gasteiger partial charge in [-0.2, -0.15) is 0 Å². The highest BCUT2D eigenvalue weighted by Crippen LogP contribution is 2.43. The molecule has 3 rings (SSSR count). The second-order valence-electron chi connectivity index (χ2n) is 3.97. The Balaban J connectivity index is 2.16. The maximum absolute atomic E-state index is 11.4. The molecule has 3 nitrogen and oxygen atoms in total. The third kappa shape index (κ3) is 0.870. The summed E-state index contributed by atoms with van der Waals surface area (Å²) in [6, 6.07) is 0. The van der Waals surface area contributed by atoms with E-state index in [1.165, 1.54) is 5.57 Å². The highest BCUT2D eigenvalue weighted by molar-refractivity contribution is 6.09. The molecule has 0 radical (unpaired) electrons. The number of hydrogen-bond acceptors (Lipinski definition) is 3. The van der Waals surface area contributed by atoms with E-state index in [0.717, 1.165) is 24.8 Å². The predicted molar refractivity (Wildman–Crippen MR) is 48.2 cm³/mol. The van der Waals surface area contributed by atoms with Crippen LogP contribution in [-0.4, -0.2) is 11.9 Å². The Labute approximate surface area is 81.4 Å². The Kier molecular flexibility index (Phi) is 1.46. The van der Waals surface area contributed by atoms with Gasteiger partial charge in [-0.05, 0) is 36.8 Å². The van der Waals surface area contributed by atoms with Crippen molar-refractivity contribution in [1.29, 1.82) is 0 Å². The maximum atomic E-state index is 11.4. The molecule has 2 aliphatic carbocycles. The molecule has 0 spiro atoms. The molecular formula is C11H10O3. The molecule has 14 heavy (non-hydrogen) atoms. The SMILES string of the molecule is O=C1OC(=O)C2CC=C3CCCC3=C12. The minimum absolute atomic E-state index is 0.292.